The summed E-state index contributed by atoms with van der Waals surface area (Å²) in [5.41, 5.74) is 7.95. The maximum atomic E-state index is 7.21. The third-order valence-corrected chi connectivity index (χ3v) is 11.4. The van der Waals surface area contributed by atoms with Gasteiger partial charge in [-0.25, -0.2) is 4.98 Å². The number of hydrogen-bond donors (Lipinski definition) is 0. The Hall–Kier alpha value is -5.23. The van der Waals surface area contributed by atoms with Crippen molar-refractivity contribution in [1.82, 2.24) is 19.4 Å². The maximum absolute atomic E-state index is 7.21. The number of nitrogens with zero attached hydrogens (tertiary/aromatic N) is 4. The zero-order valence-corrected chi connectivity index (χ0v) is 32.6. The van der Waals surface area contributed by atoms with Crippen LogP contribution in [-0.2, 0) is 43.6 Å². The molecule has 0 N–H and O–H groups in total. The lowest BCUT2D eigenvalue weighted by molar-refractivity contribution is 0.109. The first-order chi connectivity index (χ1) is 26.9. The van der Waals surface area contributed by atoms with Crippen molar-refractivity contribution in [3.8, 4) is 46.0 Å². The Morgan fingerprint density at radius 2 is 1.47 bits per heavy atom. The summed E-state index contributed by atoms with van der Waals surface area (Å²) in [7, 11) is 11.1. The number of benzene rings is 4. The van der Waals surface area contributed by atoms with Crippen molar-refractivity contribution in [2.75, 3.05) is 62.2 Å². The van der Waals surface area contributed by atoms with Crippen molar-refractivity contribution in [2.24, 2.45) is 0 Å². The minimum Gasteiger partial charge on any atom is -0.493 e. The molecule has 2 atom stereocenters. The fraction of sp³-hybridized carbons (Fsp3) is 0.386. The highest BCUT2D eigenvalue weighted by atomic mass is 16.5. The molecule has 4 aromatic carbocycles. The lowest BCUT2D eigenvalue weighted by atomic mass is 9.84. The van der Waals surface area contributed by atoms with Crippen molar-refractivity contribution in [3.63, 3.8) is 0 Å². The Labute approximate surface area is 323 Å². The van der Waals surface area contributed by atoms with Gasteiger partial charge in [0.2, 0.25) is 5.75 Å². The molecule has 0 spiro atoms. The van der Waals surface area contributed by atoms with E-state index in [4.69, 9.17) is 33.2 Å². The van der Waals surface area contributed by atoms with Crippen molar-refractivity contribution in [3.05, 3.63) is 112 Å². The summed E-state index contributed by atoms with van der Waals surface area (Å²) < 4.78 is 46.5. The molecule has 0 saturated heterocycles. The first-order valence-corrected chi connectivity index (χ1v) is 18.9. The number of ether oxygens (including phenoxy) is 7. The molecule has 4 aliphatic rings. The molecule has 5 heterocycles. The molecule has 4 aliphatic heterocycles. The van der Waals surface area contributed by atoms with Gasteiger partial charge in [-0.1, -0.05) is 18.2 Å². The topological polar surface area (TPSA) is 88.9 Å². The summed E-state index contributed by atoms with van der Waals surface area (Å²) in [6, 6.07) is 19.0. The molecule has 6 bridgehead atoms. The van der Waals surface area contributed by atoms with Gasteiger partial charge in [0.05, 0.1) is 48.0 Å². The minimum absolute atomic E-state index is 0.0924. The monoisotopic (exact) mass is 746 g/mol. The third kappa shape index (κ3) is 7.19. The van der Waals surface area contributed by atoms with Gasteiger partial charge < -0.3 is 37.7 Å². The number of aromatic nitrogens is 2. The van der Waals surface area contributed by atoms with E-state index in [1.54, 1.807) is 41.0 Å². The quantitative estimate of drug-likeness (QED) is 0.141. The summed E-state index contributed by atoms with van der Waals surface area (Å²) in [6.45, 7) is 3.32. The SMILES string of the molecule is COc1ccc2cc1Oc1ccc(cc1)C[C@H]1c3cc(c(OC)cc3CCN1C)Oc1c(OC)c(OC)c(COCCn3ccnc3)c3c1[C@H](C2)N(C)CC3. The second kappa shape index (κ2) is 15.9. The van der Waals surface area contributed by atoms with Crippen LogP contribution in [-0.4, -0.2) is 81.6 Å². The molecular formula is C44H50N4O7. The van der Waals surface area contributed by atoms with Crippen molar-refractivity contribution < 1.29 is 33.2 Å². The van der Waals surface area contributed by atoms with Gasteiger partial charge >= 0.3 is 0 Å². The molecule has 9 rings (SSSR count). The van der Waals surface area contributed by atoms with E-state index in [-0.39, 0.29) is 12.1 Å². The third-order valence-electron chi connectivity index (χ3n) is 11.4. The number of imidazole rings is 1. The predicted molar refractivity (Wildman–Crippen MR) is 210 cm³/mol. The van der Waals surface area contributed by atoms with Gasteiger partial charge in [-0.3, -0.25) is 9.80 Å². The van der Waals surface area contributed by atoms with Crippen LogP contribution in [0.5, 0.6) is 46.0 Å². The van der Waals surface area contributed by atoms with Crippen LogP contribution in [0, 0.1) is 0 Å². The fourth-order valence-electron chi connectivity index (χ4n) is 8.42. The van der Waals surface area contributed by atoms with Gasteiger partial charge in [-0.15, -0.1) is 0 Å². The number of rotatable bonds is 9. The van der Waals surface area contributed by atoms with Gasteiger partial charge in [-0.05, 0) is 104 Å². The number of likely N-dealkylation sites (N-methyl/N-ethyl adjacent to an activating group) is 2. The summed E-state index contributed by atoms with van der Waals surface area (Å²) >= 11 is 0. The lowest BCUT2D eigenvalue weighted by Crippen LogP contribution is -2.35. The second-order valence-corrected chi connectivity index (χ2v) is 14.6. The zero-order valence-electron chi connectivity index (χ0n) is 32.6. The predicted octanol–water partition coefficient (Wildman–Crippen LogP) is 7.58. The highest BCUT2D eigenvalue weighted by molar-refractivity contribution is 5.67. The van der Waals surface area contributed by atoms with Crippen LogP contribution in [0.4, 0.5) is 0 Å². The van der Waals surface area contributed by atoms with Crippen LogP contribution < -0.4 is 28.4 Å². The van der Waals surface area contributed by atoms with E-state index in [2.05, 4.69) is 65.3 Å². The van der Waals surface area contributed by atoms with Crippen molar-refractivity contribution in [2.45, 2.75) is 50.9 Å². The van der Waals surface area contributed by atoms with Crippen LogP contribution in [0.1, 0.15) is 51.0 Å². The fourth-order valence-corrected chi connectivity index (χ4v) is 8.42. The molecule has 11 heteroatoms. The van der Waals surface area contributed by atoms with Crippen LogP contribution >= 0.6 is 0 Å². The van der Waals surface area contributed by atoms with Gasteiger partial charge in [0.25, 0.3) is 0 Å². The van der Waals surface area contributed by atoms with Crippen molar-refractivity contribution in [1.29, 1.82) is 0 Å². The molecule has 288 valence electrons. The Morgan fingerprint density at radius 1 is 0.745 bits per heavy atom. The number of hydrogen-bond acceptors (Lipinski definition) is 10. The van der Waals surface area contributed by atoms with Crippen LogP contribution in [0.3, 0.4) is 0 Å². The first-order valence-electron chi connectivity index (χ1n) is 18.9. The summed E-state index contributed by atoms with van der Waals surface area (Å²) in [4.78, 5) is 8.99. The zero-order chi connectivity index (χ0) is 38.1. The highest BCUT2D eigenvalue weighted by Gasteiger charge is 2.37. The molecule has 0 radical (unpaired) electrons. The molecular weight excluding hydrogens is 697 g/mol. The van der Waals surface area contributed by atoms with E-state index in [1.807, 2.05) is 29.0 Å². The molecule has 1 aromatic heterocycles. The largest absolute Gasteiger partial charge is 0.493 e. The maximum Gasteiger partial charge on any atom is 0.204 e. The average molecular weight is 747 g/mol. The molecule has 5 aromatic rings. The van der Waals surface area contributed by atoms with Gasteiger partial charge in [0, 0.05) is 55.2 Å². The van der Waals surface area contributed by atoms with E-state index in [1.165, 1.54) is 16.7 Å². The lowest BCUT2D eigenvalue weighted by Gasteiger charge is -2.38. The van der Waals surface area contributed by atoms with E-state index in [9.17, 15) is 0 Å². The Balaban J connectivity index is 1.32. The van der Waals surface area contributed by atoms with Crippen LogP contribution in [0.25, 0.3) is 0 Å². The molecule has 0 amide bonds. The van der Waals surface area contributed by atoms with E-state index in [0.717, 1.165) is 60.4 Å². The minimum atomic E-state index is -0.0924. The normalized spacial score (nSPS) is 18.0. The Bertz CT molecular complexity index is 2140. The Morgan fingerprint density at radius 3 is 2.22 bits per heavy atom. The van der Waals surface area contributed by atoms with Crippen LogP contribution in [0.2, 0.25) is 0 Å². The molecule has 0 saturated carbocycles. The first kappa shape index (κ1) is 36.7. The van der Waals surface area contributed by atoms with E-state index >= 15 is 0 Å². The van der Waals surface area contributed by atoms with E-state index in [0.29, 0.717) is 66.4 Å². The number of fused-ring (bicyclic) bond motifs is 2. The molecule has 0 fully saturated rings. The smallest absolute Gasteiger partial charge is 0.204 e. The van der Waals surface area contributed by atoms with Gasteiger partial charge in [0.1, 0.15) is 5.75 Å². The molecule has 0 aliphatic carbocycles. The summed E-state index contributed by atoms with van der Waals surface area (Å²) in [5, 5.41) is 0. The standard InChI is InChI=1S/C44H50N4O7/c1-46-16-13-30-24-38(50-4)40-25-33(30)35(46)21-28-7-10-31(11-8-28)54-39-23-29(9-12-37(39)49-3)22-36-41-32(14-17-47(36)2)34(26-53-20-19-48-18-15-45-27-48)42(51-5)44(52-6)43(41)55-40/h7-12,15,18,23-25,27,35-36H,13-14,16-17,19-22,26H2,1-6H3/t35-,36-/m0/s1. The Kier molecular flexibility index (Phi) is 10.6. The van der Waals surface area contributed by atoms with Crippen molar-refractivity contribution >= 4 is 0 Å². The molecule has 0 unspecified atom stereocenters. The summed E-state index contributed by atoms with van der Waals surface area (Å²) in [6.07, 6.45) is 8.70. The van der Waals surface area contributed by atoms with Gasteiger partial charge in [0.15, 0.2) is 34.5 Å². The number of methoxy groups -OCH3 is 4. The molecule has 55 heavy (non-hydrogen) atoms. The average Bonchev–Trinajstić information content (AvgIpc) is 3.73. The second-order valence-electron chi connectivity index (χ2n) is 14.6. The van der Waals surface area contributed by atoms with E-state index < -0.39 is 0 Å². The van der Waals surface area contributed by atoms with Gasteiger partial charge in [-0.2, -0.15) is 0 Å². The van der Waals surface area contributed by atoms with Crippen LogP contribution in [0.15, 0.2) is 73.3 Å². The highest BCUT2D eigenvalue weighted by Crippen LogP contribution is 2.54. The molecule has 11 nitrogen and oxygen atoms in total. The summed E-state index contributed by atoms with van der Waals surface area (Å²) in [5.74, 6) is 5.17.